The minimum Gasteiger partial charge on any atom is -0.494 e. The lowest BCUT2D eigenvalue weighted by Gasteiger charge is -2.28. The quantitative estimate of drug-likeness (QED) is 0.445. The van der Waals surface area contributed by atoms with Crippen molar-refractivity contribution in [2.24, 2.45) is 5.92 Å². The Morgan fingerprint density at radius 2 is 1.83 bits per heavy atom. The van der Waals surface area contributed by atoms with Crippen LogP contribution in [0.25, 0.3) is 0 Å². The monoisotopic (exact) mass is 497 g/mol. The Morgan fingerprint density at radius 3 is 2.44 bits per heavy atom. The normalized spacial score (nSPS) is 11.2. The summed E-state index contributed by atoms with van der Waals surface area (Å²) in [5.41, 5.74) is 6.36. The average molecular weight is 498 g/mol. The second-order valence-corrected chi connectivity index (χ2v) is 9.10. The number of carbonyl (C=O) groups excluding carboxylic acids is 1. The van der Waals surface area contributed by atoms with Crippen molar-refractivity contribution in [2.45, 2.75) is 26.9 Å². The fourth-order valence-electron chi connectivity index (χ4n) is 3.94. The van der Waals surface area contributed by atoms with E-state index in [1.54, 1.807) is 18.0 Å². The molecular weight excluding hydrogens is 465 g/mol. The molecular formula is C26H32FN5O4. The number of likely N-dealkylation sites (N-methyl/N-ethyl adjacent to an activating group) is 1. The maximum Gasteiger partial charge on any atom is 0.330 e. The van der Waals surface area contributed by atoms with Gasteiger partial charge in [0.05, 0.1) is 20.2 Å². The second kappa shape index (κ2) is 11.7. The van der Waals surface area contributed by atoms with Gasteiger partial charge in [0, 0.05) is 13.1 Å². The highest BCUT2D eigenvalue weighted by Crippen LogP contribution is 2.21. The first-order valence-electron chi connectivity index (χ1n) is 11.6. The van der Waals surface area contributed by atoms with Crippen LogP contribution in [0.5, 0.6) is 5.75 Å². The molecule has 0 atom stereocenters. The standard InChI is InChI=1S/C26H32FN5O4/c1-17(2)13-31(22(33)16-30(3)14-19-10-11-21(36-4)20(27)12-19)23-24(28)32(26(35)29-25(23)34)15-18-8-6-5-7-9-18/h5-12,17H,13-16,28H2,1-4H3,(H,29,34,35). The summed E-state index contributed by atoms with van der Waals surface area (Å²) >= 11 is 0. The number of nitrogens with one attached hydrogen (secondary N) is 1. The number of rotatable bonds is 10. The van der Waals surface area contributed by atoms with Crippen LogP contribution in [0.4, 0.5) is 15.9 Å². The third-order valence-corrected chi connectivity index (χ3v) is 5.59. The number of aromatic amines is 1. The van der Waals surface area contributed by atoms with E-state index in [0.29, 0.717) is 12.1 Å². The molecule has 1 aromatic heterocycles. The van der Waals surface area contributed by atoms with E-state index in [4.69, 9.17) is 10.5 Å². The van der Waals surface area contributed by atoms with Crippen LogP contribution >= 0.6 is 0 Å². The predicted molar refractivity (Wildman–Crippen MR) is 138 cm³/mol. The molecule has 10 heteroatoms. The summed E-state index contributed by atoms with van der Waals surface area (Å²) < 4.78 is 20.3. The van der Waals surface area contributed by atoms with Gasteiger partial charge in [0.25, 0.3) is 5.56 Å². The van der Waals surface area contributed by atoms with E-state index in [2.05, 4.69) is 4.98 Å². The molecule has 0 fully saturated rings. The van der Waals surface area contributed by atoms with Crippen LogP contribution in [0, 0.1) is 11.7 Å². The molecule has 0 radical (unpaired) electrons. The number of halogens is 1. The van der Waals surface area contributed by atoms with Gasteiger partial charge in [0.1, 0.15) is 5.82 Å². The topological polar surface area (TPSA) is 114 Å². The molecule has 0 aliphatic heterocycles. The zero-order valence-corrected chi connectivity index (χ0v) is 21.0. The van der Waals surface area contributed by atoms with Crippen molar-refractivity contribution in [1.82, 2.24) is 14.5 Å². The molecule has 3 aromatic rings. The molecule has 2 aromatic carbocycles. The molecule has 1 heterocycles. The number of anilines is 2. The van der Waals surface area contributed by atoms with Gasteiger partial charge in [-0.25, -0.2) is 9.18 Å². The van der Waals surface area contributed by atoms with Gasteiger partial charge in [-0.3, -0.25) is 24.0 Å². The number of hydrogen-bond donors (Lipinski definition) is 2. The smallest absolute Gasteiger partial charge is 0.330 e. The zero-order valence-electron chi connectivity index (χ0n) is 21.0. The van der Waals surface area contributed by atoms with Gasteiger partial charge in [0.2, 0.25) is 5.91 Å². The third kappa shape index (κ3) is 6.39. The first kappa shape index (κ1) is 26.7. The fraction of sp³-hybridized carbons (Fsp3) is 0.346. The number of carbonyl (C=O) groups is 1. The summed E-state index contributed by atoms with van der Waals surface area (Å²) in [6.45, 7) is 4.42. The van der Waals surface area contributed by atoms with Gasteiger partial charge in [0.15, 0.2) is 17.3 Å². The lowest BCUT2D eigenvalue weighted by atomic mass is 10.1. The maximum atomic E-state index is 14.1. The van der Waals surface area contributed by atoms with Gasteiger partial charge >= 0.3 is 5.69 Å². The molecule has 0 bridgehead atoms. The van der Waals surface area contributed by atoms with Gasteiger partial charge < -0.3 is 15.4 Å². The number of amides is 1. The number of benzene rings is 2. The van der Waals surface area contributed by atoms with E-state index in [-0.39, 0.29) is 48.7 Å². The first-order valence-corrected chi connectivity index (χ1v) is 11.6. The molecule has 192 valence electrons. The van der Waals surface area contributed by atoms with Crippen molar-refractivity contribution in [3.63, 3.8) is 0 Å². The van der Waals surface area contributed by atoms with Gasteiger partial charge in [-0.15, -0.1) is 0 Å². The number of aromatic nitrogens is 2. The Labute approximate surface area is 208 Å². The summed E-state index contributed by atoms with van der Waals surface area (Å²) in [7, 11) is 3.11. The molecule has 1 amide bonds. The third-order valence-electron chi connectivity index (χ3n) is 5.59. The van der Waals surface area contributed by atoms with Crippen LogP contribution in [0.15, 0.2) is 58.1 Å². The Morgan fingerprint density at radius 1 is 1.14 bits per heavy atom. The summed E-state index contributed by atoms with van der Waals surface area (Å²) in [6, 6.07) is 13.8. The molecule has 9 nitrogen and oxygen atoms in total. The van der Waals surface area contributed by atoms with Crippen LogP contribution in [0.3, 0.4) is 0 Å². The van der Waals surface area contributed by atoms with E-state index in [0.717, 1.165) is 5.56 Å². The van der Waals surface area contributed by atoms with Crippen molar-refractivity contribution >= 4 is 17.4 Å². The first-order chi connectivity index (χ1) is 17.1. The van der Waals surface area contributed by atoms with Crippen LogP contribution in [0.1, 0.15) is 25.0 Å². The van der Waals surface area contributed by atoms with Crippen molar-refractivity contribution in [2.75, 3.05) is 37.9 Å². The number of nitrogens with zero attached hydrogens (tertiary/aromatic N) is 3. The Kier molecular flexibility index (Phi) is 8.65. The number of nitrogen functional groups attached to an aromatic ring is 1. The van der Waals surface area contributed by atoms with E-state index in [1.807, 2.05) is 44.2 Å². The van der Waals surface area contributed by atoms with E-state index >= 15 is 0 Å². The molecule has 3 rings (SSSR count). The molecule has 0 aliphatic rings. The predicted octanol–water partition coefficient (Wildman–Crippen LogP) is 2.44. The Hall–Kier alpha value is -3.92. The van der Waals surface area contributed by atoms with E-state index < -0.39 is 17.1 Å². The van der Waals surface area contributed by atoms with Crippen molar-refractivity contribution in [3.05, 3.63) is 86.3 Å². The van der Waals surface area contributed by atoms with Crippen molar-refractivity contribution < 1.29 is 13.9 Å². The lowest BCUT2D eigenvalue weighted by molar-refractivity contribution is -0.119. The SMILES string of the molecule is COc1ccc(CN(C)CC(=O)N(CC(C)C)c2c(N)n(Cc3ccccc3)c(=O)[nH]c2=O)cc1F. The highest BCUT2D eigenvalue weighted by Gasteiger charge is 2.26. The Balaban J connectivity index is 1.89. The summed E-state index contributed by atoms with van der Waals surface area (Å²) in [5.74, 6) is -0.788. The molecule has 3 N–H and O–H groups in total. The van der Waals surface area contributed by atoms with Crippen molar-refractivity contribution in [1.29, 1.82) is 0 Å². The van der Waals surface area contributed by atoms with Crippen molar-refractivity contribution in [3.8, 4) is 5.75 Å². The minimum absolute atomic E-state index is 0.0169. The number of methoxy groups -OCH3 is 1. The minimum atomic E-state index is -0.726. The van der Waals surface area contributed by atoms with Crippen LogP contribution in [-0.2, 0) is 17.9 Å². The number of ether oxygens (including phenoxy) is 1. The molecule has 0 spiro atoms. The number of hydrogen-bond acceptors (Lipinski definition) is 6. The molecule has 36 heavy (non-hydrogen) atoms. The van der Waals surface area contributed by atoms with Crippen LogP contribution in [0.2, 0.25) is 0 Å². The highest BCUT2D eigenvalue weighted by molar-refractivity contribution is 5.96. The van der Waals surface area contributed by atoms with E-state index in [1.165, 1.54) is 28.7 Å². The molecule has 0 unspecified atom stereocenters. The zero-order chi connectivity index (χ0) is 26.4. The fourth-order valence-corrected chi connectivity index (χ4v) is 3.94. The lowest BCUT2D eigenvalue weighted by Crippen LogP contribution is -2.46. The average Bonchev–Trinajstić information content (AvgIpc) is 2.81. The van der Waals surface area contributed by atoms with E-state index in [9.17, 15) is 18.8 Å². The maximum absolute atomic E-state index is 14.1. The van der Waals surface area contributed by atoms with Gasteiger partial charge in [-0.2, -0.15) is 0 Å². The van der Waals surface area contributed by atoms with Gasteiger partial charge in [-0.05, 0) is 36.2 Å². The molecule has 0 aliphatic carbocycles. The summed E-state index contributed by atoms with van der Waals surface area (Å²) in [5, 5.41) is 0. The number of H-pyrrole nitrogens is 1. The summed E-state index contributed by atoms with van der Waals surface area (Å²) in [6.07, 6.45) is 0. The Bertz CT molecular complexity index is 1320. The highest BCUT2D eigenvalue weighted by atomic mass is 19.1. The largest absolute Gasteiger partial charge is 0.494 e. The second-order valence-electron chi connectivity index (χ2n) is 9.10. The van der Waals surface area contributed by atoms with Crippen LogP contribution in [-0.4, -0.2) is 47.6 Å². The summed E-state index contributed by atoms with van der Waals surface area (Å²) in [4.78, 5) is 44.2. The molecule has 0 saturated heterocycles. The number of nitrogens with two attached hydrogens (primary N) is 1. The van der Waals surface area contributed by atoms with Gasteiger partial charge in [-0.1, -0.05) is 50.2 Å². The molecule has 0 saturated carbocycles. The van der Waals surface area contributed by atoms with Crippen LogP contribution < -0.4 is 26.6 Å².